The van der Waals surface area contributed by atoms with Crippen LogP contribution in [0.2, 0.25) is 0 Å². The fourth-order valence-electron chi connectivity index (χ4n) is 3.62. The molecule has 2 heteroatoms. The van der Waals surface area contributed by atoms with Crippen LogP contribution in [0.4, 0.5) is 0 Å². The molecule has 2 heterocycles. The van der Waals surface area contributed by atoms with Crippen LogP contribution in [0.25, 0.3) is 0 Å². The molecular formula is C16H32N2. The Morgan fingerprint density at radius 2 is 1.72 bits per heavy atom. The number of rotatable bonds is 6. The van der Waals surface area contributed by atoms with Crippen LogP contribution >= 0.6 is 0 Å². The van der Waals surface area contributed by atoms with Crippen molar-refractivity contribution >= 4 is 0 Å². The van der Waals surface area contributed by atoms with Crippen molar-refractivity contribution in [1.82, 2.24) is 9.80 Å². The molecule has 2 rings (SSSR count). The molecule has 1 spiro atoms. The molecule has 0 N–H and O–H groups in total. The lowest BCUT2D eigenvalue weighted by Gasteiger charge is -2.48. The summed E-state index contributed by atoms with van der Waals surface area (Å²) in [7, 11) is 0. The molecule has 0 aromatic carbocycles. The summed E-state index contributed by atoms with van der Waals surface area (Å²) in [6.07, 6.45) is 5.66. The van der Waals surface area contributed by atoms with E-state index in [1.807, 2.05) is 0 Å². The molecule has 106 valence electrons. The quantitative estimate of drug-likeness (QED) is 0.670. The molecule has 2 aliphatic rings. The van der Waals surface area contributed by atoms with Gasteiger partial charge < -0.3 is 9.80 Å². The first-order chi connectivity index (χ1) is 8.51. The second-order valence-corrected chi connectivity index (χ2v) is 7.41. The topological polar surface area (TPSA) is 6.48 Å². The lowest BCUT2D eigenvalue weighted by molar-refractivity contribution is 0.00521. The molecule has 0 aromatic rings. The van der Waals surface area contributed by atoms with Gasteiger partial charge in [0.1, 0.15) is 0 Å². The van der Waals surface area contributed by atoms with Crippen molar-refractivity contribution in [3.8, 4) is 0 Å². The zero-order chi connectivity index (χ0) is 13.2. The van der Waals surface area contributed by atoms with E-state index in [0.717, 1.165) is 12.0 Å². The highest BCUT2D eigenvalue weighted by Gasteiger charge is 2.47. The number of hydrogen-bond donors (Lipinski definition) is 0. The first-order valence-electron chi connectivity index (χ1n) is 7.97. The predicted molar refractivity (Wildman–Crippen MR) is 78.9 cm³/mol. The molecule has 0 saturated carbocycles. The third-order valence-electron chi connectivity index (χ3n) is 4.82. The third kappa shape index (κ3) is 3.48. The zero-order valence-corrected chi connectivity index (χ0v) is 12.9. The Bertz CT molecular complexity index is 254. The van der Waals surface area contributed by atoms with Crippen molar-refractivity contribution < 1.29 is 0 Å². The summed E-state index contributed by atoms with van der Waals surface area (Å²) >= 11 is 0. The van der Waals surface area contributed by atoms with Crippen LogP contribution in [0.15, 0.2) is 0 Å². The van der Waals surface area contributed by atoms with Gasteiger partial charge in [0.05, 0.1) is 0 Å². The Morgan fingerprint density at radius 3 is 2.28 bits per heavy atom. The maximum Gasteiger partial charge on any atom is 0.00970 e. The van der Waals surface area contributed by atoms with Crippen LogP contribution in [0, 0.1) is 11.3 Å². The van der Waals surface area contributed by atoms with Gasteiger partial charge in [-0.25, -0.2) is 0 Å². The summed E-state index contributed by atoms with van der Waals surface area (Å²) in [5.41, 5.74) is 0.683. The highest BCUT2D eigenvalue weighted by molar-refractivity contribution is 5.01. The Hall–Kier alpha value is -0.0800. The zero-order valence-electron chi connectivity index (χ0n) is 12.9. The van der Waals surface area contributed by atoms with Gasteiger partial charge in [0, 0.05) is 31.1 Å². The molecule has 18 heavy (non-hydrogen) atoms. The minimum atomic E-state index is 0.683. The highest BCUT2D eigenvalue weighted by atomic mass is 15.3. The van der Waals surface area contributed by atoms with Gasteiger partial charge >= 0.3 is 0 Å². The van der Waals surface area contributed by atoms with Gasteiger partial charge in [-0.15, -0.1) is 0 Å². The Morgan fingerprint density at radius 1 is 1.00 bits per heavy atom. The van der Waals surface area contributed by atoms with Crippen LogP contribution < -0.4 is 0 Å². The van der Waals surface area contributed by atoms with Crippen molar-refractivity contribution in [2.75, 3.05) is 32.7 Å². The van der Waals surface area contributed by atoms with Crippen molar-refractivity contribution in [2.45, 2.75) is 59.4 Å². The minimum Gasteiger partial charge on any atom is -0.302 e. The molecule has 2 fully saturated rings. The van der Waals surface area contributed by atoms with Gasteiger partial charge in [-0.2, -0.15) is 0 Å². The van der Waals surface area contributed by atoms with Crippen LogP contribution in [0.3, 0.4) is 0 Å². The average molecular weight is 252 g/mol. The number of likely N-dealkylation sites (tertiary alicyclic amines) is 2. The van der Waals surface area contributed by atoms with E-state index < -0.39 is 0 Å². The lowest BCUT2D eigenvalue weighted by Crippen LogP contribution is -2.57. The first kappa shape index (κ1) is 14.3. The van der Waals surface area contributed by atoms with Crippen molar-refractivity contribution in [3.63, 3.8) is 0 Å². The van der Waals surface area contributed by atoms with E-state index in [2.05, 4.69) is 37.5 Å². The van der Waals surface area contributed by atoms with Crippen LogP contribution in [-0.4, -0.2) is 48.6 Å². The second kappa shape index (κ2) is 5.92. The van der Waals surface area contributed by atoms with Crippen LogP contribution in [0.5, 0.6) is 0 Å². The minimum absolute atomic E-state index is 0.683. The number of nitrogens with zero attached hydrogens (tertiary/aromatic N) is 2. The fraction of sp³-hybridized carbons (Fsp3) is 1.00. The van der Waals surface area contributed by atoms with Crippen molar-refractivity contribution in [1.29, 1.82) is 0 Å². The first-order valence-corrected chi connectivity index (χ1v) is 7.97. The molecular weight excluding hydrogens is 220 g/mol. The summed E-state index contributed by atoms with van der Waals surface area (Å²) < 4.78 is 0. The Kier molecular flexibility index (Phi) is 4.71. The summed E-state index contributed by atoms with van der Waals surface area (Å²) in [5, 5.41) is 0. The SMILES string of the molecule is CC(C)CCCCN1CC2(CCN(C(C)C)C2)C1. The van der Waals surface area contributed by atoms with E-state index in [-0.39, 0.29) is 0 Å². The van der Waals surface area contributed by atoms with Gasteiger partial charge in [0.25, 0.3) is 0 Å². The largest absolute Gasteiger partial charge is 0.302 e. The lowest BCUT2D eigenvalue weighted by atomic mass is 9.79. The fourth-order valence-corrected chi connectivity index (χ4v) is 3.62. The summed E-state index contributed by atoms with van der Waals surface area (Å²) in [4.78, 5) is 5.35. The maximum atomic E-state index is 2.68. The molecule has 0 aliphatic carbocycles. The summed E-state index contributed by atoms with van der Waals surface area (Å²) in [6.45, 7) is 16.1. The standard InChI is InChI=1S/C16H32N2/c1-14(2)7-5-6-9-17-11-16(12-17)8-10-18(13-16)15(3)4/h14-15H,5-13H2,1-4H3. The molecule has 0 bridgehead atoms. The van der Waals surface area contributed by atoms with Crippen molar-refractivity contribution in [2.24, 2.45) is 11.3 Å². The average Bonchev–Trinajstić information content (AvgIpc) is 2.67. The monoisotopic (exact) mass is 252 g/mol. The molecule has 0 radical (unpaired) electrons. The maximum absolute atomic E-state index is 2.68. The summed E-state index contributed by atoms with van der Waals surface area (Å²) in [5.74, 6) is 0.877. The van der Waals surface area contributed by atoms with E-state index in [9.17, 15) is 0 Å². The molecule has 2 aliphatic heterocycles. The van der Waals surface area contributed by atoms with E-state index >= 15 is 0 Å². The molecule has 2 saturated heterocycles. The van der Waals surface area contributed by atoms with E-state index in [0.29, 0.717) is 5.41 Å². The number of unbranched alkanes of at least 4 members (excludes halogenated alkanes) is 1. The molecule has 0 atom stereocenters. The molecule has 0 amide bonds. The molecule has 0 unspecified atom stereocenters. The summed E-state index contributed by atoms with van der Waals surface area (Å²) in [6, 6.07) is 0.740. The van der Waals surface area contributed by atoms with Crippen LogP contribution in [0.1, 0.15) is 53.4 Å². The van der Waals surface area contributed by atoms with Gasteiger partial charge in [0.2, 0.25) is 0 Å². The van der Waals surface area contributed by atoms with E-state index in [4.69, 9.17) is 0 Å². The molecule has 2 nitrogen and oxygen atoms in total. The Labute approximate surface area is 114 Å². The van der Waals surface area contributed by atoms with Crippen molar-refractivity contribution in [3.05, 3.63) is 0 Å². The molecule has 0 aromatic heterocycles. The van der Waals surface area contributed by atoms with Gasteiger partial charge in [0.15, 0.2) is 0 Å². The smallest absolute Gasteiger partial charge is 0.00970 e. The Balaban J connectivity index is 1.59. The third-order valence-corrected chi connectivity index (χ3v) is 4.82. The van der Waals surface area contributed by atoms with Gasteiger partial charge in [-0.3, -0.25) is 0 Å². The van der Waals surface area contributed by atoms with Gasteiger partial charge in [-0.05, 0) is 45.7 Å². The van der Waals surface area contributed by atoms with E-state index in [1.165, 1.54) is 58.4 Å². The number of hydrogen-bond acceptors (Lipinski definition) is 2. The van der Waals surface area contributed by atoms with Crippen LogP contribution in [-0.2, 0) is 0 Å². The second-order valence-electron chi connectivity index (χ2n) is 7.41. The normalized spacial score (nSPS) is 24.3. The van der Waals surface area contributed by atoms with Gasteiger partial charge in [-0.1, -0.05) is 26.7 Å². The van der Waals surface area contributed by atoms with E-state index in [1.54, 1.807) is 0 Å². The highest BCUT2D eigenvalue weighted by Crippen LogP contribution is 2.40. The predicted octanol–water partition coefficient (Wildman–Crippen LogP) is 3.23.